The number of hydrogen-bond donors (Lipinski definition) is 9. The van der Waals surface area contributed by atoms with Gasteiger partial charge in [0.15, 0.2) is 0 Å². The number of aliphatic carboxylic acids is 2. The van der Waals surface area contributed by atoms with Crippen molar-refractivity contribution in [3.63, 3.8) is 0 Å². The lowest BCUT2D eigenvalue weighted by Gasteiger charge is -2.24. The summed E-state index contributed by atoms with van der Waals surface area (Å²) in [5.74, 6) is -7.02. The highest BCUT2D eigenvalue weighted by atomic mass is 32.1. The molecule has 0 aliphatic carbocycles. The minimum atomic E-state index is -1.64. The fourth-order valence-corrected chi connectivity index (χ4v) is 2.41. The number of aliphatic hydroxyl groups excluding tert-OH is 1. The molecule has 0 radical (unpaired) electrons. The van der Waals surface area contributed by atoms with E-state index < -0.39 is 72.3 Å². The number of carbonyl (C=O) groups excluding carboxylic acids is 4. The Hall–Kier alpha value is -2.91. The quantitative estimate of drug-likeness (QED) is 0.112. The first kappa shape index (κ1) is 28.1. The van der Waals surface area contributed by atoms with Gasteiger partial charge in [-0.25, -0.2) is 4.79 Å². The lowest BCUT2D eigenvalue weighted by atomic mass is 10.1. The number of primary amides is 1. The van der Waals surface area contributed by atoms with Crippen LogP contribution in [0.1, 0.15) is 26.2 Å². The highest BCUT2D eigenvalue weighted by Gasteiger charge is 2.31. The largest absolute Gasteiger partial charge is 0.481 e. The predicted molar refractivity (Wildman–Crippen MR) is 108 cm³/mol. The van der Waals surface area contributed by atoms with Crippen LogP contribution in [-0.2, 0) is 28.8 Å². The number of carboxylic acid groups (broad SMARTS) is 2. The summed E-state index contributed by atoms with van der Waals surface area (Å²) in [6.45, 7) is 1.22. The molecule has 0 heterocycles. The zero-order valence-corrected chi connectivity index (χ0v) is 17.5. The smallest absolute Gasteiger partial charge is 0.326 e. The summed E-state index contributed by atoms with van der Waals surface area (Å²) in [6.07, 6.45) is -2.75. The van der Waals surface area contributed by atoms with Crippen molar-refractivity contribution >= 4 is 48.2 Å². The van der Waals surface area contributed by atoms with Gasteiger partial charge in [-0.2, -0.15) is 12.6 Å². The molecule has 4 amide bonds. The third kappa shape index (κ3) is 10.6. The summed E-state index contributed by atoms with van der Waals surface area (Å²) in [7, 11) is 0. The van der Waals surface area contributed by atoms with Crippen molar-refractivity contribution in [1.29, 1.82) is 0 Å². The third-order valence-corrected chi connectivity index (χ3v) is 4.31. The van der Waals surface area contributed by atoms with Gasteiger partial charge < -0.3 is 42.7 Å². The summed E-state index contributed by atoms with van der Waals surface area (Å²) in [6, 6.07) is -5.95. The number of carbonyl (C=O) groups is 6. The van der Waals surface area contributed by atoms with Gasteiger partial charge in [-0.15, -0.1) is 0 Å². The van der Waals surface area contributed by atoms with Crippen LogP contribution >= 0.6 is 12.6 Å². The molecule has 5 unspecified atom stereocenters. The molecule has 0 spiro atoms. The standard InChI is InChI=1S/C16H27N5O9S/c1-6(22)12(18)15(28)20-8(4-11(24)25)13(26)21-9(5-31)14(27)19-7(16(29)30)2-3-10(17)23/h6-9,12,22,31H,2-5,18H2,1H3,(H2,17,23)(H,19,27)(H,20,28)(H,21,26)(H,24,25)(H,29,30). The predicted octanol–water partition coefficient (Wildman–Crippen LogP) is -4.10. The van der Waals surface area contributed by atoms with E-state index in [9.17, 15) is 33.9 Å². The van der Waals surface area contributed by atoms with Crippen LogP contribution in [0.15, 0.2) is 0 Å². The van der Waals surface area contributed by atoms with Crippen LogP contribution in [0, 0.1) is 0 Å². The second-order valence-electron chi connectivity index (χ2n) is 6.57. The number of nitrogens with one attached hydrogen (secondary N) is 3. The Morgan fingerprint density at radius 1 is 0.903 bits per heavy atom. The summed E-state index contributed by atoms with van der Waals surface area (Å²) in [5.41, 5.74) is 10.4. The molecule has 0 saturated heterocycles. The van der Waals surface area contributed by atoms with Crippen molar-refractivity contribution in [3.05, 3.63) is 0 Å². The maximum absolute atomic E-state index is 12.4. The third-order valence-electron chi connectivity index (χ3n) is 3.94. The molecule has 0 aromatic heterocycles. The number of carboxylic acids is 2. The minimum absolute atomic E-state index is 0.293. The fourth-order valence-electron chi connectivity index (χ4n) is 2.15. The Labute approximate surface area is 182 Å². The molecule has 0 aliphatic rings. The van der Waals surface area contributed by atoms with Gasteiger partial charge in [0.25, 0.3) is 0 Å². The van der Waals surface area contributed by atoms with Crippen molar-refractivity contribution in [2.24, 2.45) is 11.5 Å². The van der Waals surface area contributed by atoms with E-state index in [0.717, 1.165) is 0 Å². The lowest BCUT2D eigenvalue weighted by Crippen LogP contribution is -2.59. The molecule has 31 heavy (non-hydrogen) atoms. The SMILES string of the molecule is CC(O)C(N)C(=O)NC(CC(=O)O)C(=O)NC(CS)C(=O)NC(CCC(N)=O)C(=O)O. The van der Waals surface area contributed by atoms with Crippen LogP contribution in [-0.4, -0.2) is 86.9 Å². The summed E-state index contributed by atoms with van der Waals surface area (Å²) < 4.78 is 0. The molecular weight excluding hydrogens is 438 g/mol. The van der Waals surface area contributed by atoms with E-state index in [2.05, 4.69) is 28.6 Å². The summed E-state index contributed by atoms with van der Waals surface area (Å²) >= 11 is 3.90. The van der Waals surface area contributed by atoms with Gasteiger partial charge in [0, 0.05) is 12.2 Å². The molecule has 14 nitrogen and oxygen atoms in total. The highest BCUT2D eigenvalue weighted by Crippen LogP contribution is 2.02. The van der Waals surface area contributed by atoms with E-state index in [1.54, 1.807) is 0 Å². The molecule has 176 valence electrons. The highest BCUT2D eigenvalue weighted by molar-refractivity contribution is 7.80. The number of hydrogen-bond acceptors (Lipinski definition) is 9. The molecule has 15 heteroatoms. The molecule has 0 aromatic rings. The summed E-state index contributed by atoms with van der Waals surface area (Å²) in [4.78, 5) is 69.8. The van der Waals surface area contributed by atoms with E-state index in [1.165, 1.54) is 6.92 Å². The van der Waals surface area contributed by atoms with Gasteiger partial charge in [0.2, 0.25) is 23.6 Å². The van der Waals surface area contributed by atoms with E-state index in [1.807, 2.05) is 0 Å². The number of aliphatic hydroxyl groups is 1. The van der Waals surface area contributed by atoms with Crippen LogP contribution in [0.4, 0.5) is 0 Å². The second kappa shape index (κ2) is 13.4. The van der Waals surface area contributed by atoms with Crippen molar-refractivity contribution in [3.8, 4) is 0 Å². The van der Waals surface area contributed by atoms with Gasteiger partial charge in [-0.1, -0.05) is 0 Å². The van der Waals surface area contributed by atoms with Gasteiger partial charge in [-0.05, 0) is 13.3 Å². The molecule has 0 fully saturated rings. The van der Waals surface area contributed by atoms with E-state index in [4.69, 9.17) is 21.7 Å². The van der Waals surface area contributed by atoms with Gasteiger partial charge in [0.1, 0.15) is 24.2 Å². The number of amides is 4. The Balaban J connectivity index is 5.26. The maximum Gasteiger partial charge on any atom is 0.326 e. The van der Waals surface area contributed by atoms with Crippen molar-refractivity contribution < 1.29 is 44.1 Å². The van der Waals surface area contributed by atoms with E-state index in [-0.39, 0.29) is 18.6 Å². The zero-order chi connectivity index (χ0) is 24.3. The average Bonchev–Trinajstić information content (AvgIpc) is 2.66. The molecule has 0 saturated carbocycles. The first-order valence-corrected chi connectivity index (χ1v) is 9.61. The minimum Gasteiger partial charge on any atom is -0.481 e. The van der Waals surface area contributed by atoms with Crippen LogP contribution < -0.4 is 27.4 Å². The number of rotatable bonds is 14. The zero-order valence-electron chi connectivity index (χ0n) is 16.6. The van der Waals surface area contributed by atoms with E-state index in [0.29, 0.717) is 0 Å². The molecule has 0 aliphatic heterocycles. The topological polar surface area (TPSA) is 251 Å². The first-order chi connectivity index (χ1) is 14.3. The normalized spacial score (nSPS) is 15.5. The van der Waals surface area contributed by atoms with Crippen LogP contribution in [0.5, 0.6) is 0 Å². The van der Waals surface area contributed by atoms with Crippen LogP contribution in [0.2, 0.25) is 0 Å². The fraction of sp³-hybridized carbons (Fsp3) is 0.625. The van der Waals surface area contributed by atoms with Crippen molar-refractivity contribution in [1.82, 2.24) is 16.0 Å². The lowest BCUT2D eigenvalue weighted by molar-refractivity contribution is -0.143. The maximum atomic E-state index is 12.4. The van der Waals surface area contributed by atoms with Crippen LogP contribution in [0.25, 0.3) is 0 Å². The van der Waals surface area contributed by atoms with Crippen molar-refractivity contribution in [2.45, 2.75) is 56.5 Å². The van der Waals surface area contributed by atoms with Gasteiger partial charge in [-0.3, -0.25) is 24.0 Å². The second-order valence-corrected chi connectivity index (χ2v) is 6.94. The molecule has 0 rings (SSSR count). The van der Waals surface area contributed by atoms with E-state index >= 15 is 0 Å². The molecule has 10 N–H and O–H groups in total. The molecule has 5 atom stereocenters. The van der Waals surface area contributed by atoms with Crippen LogP contribution in [0.3, 0.4) is 0 Å². The van der Waals surface area contributed by atoms with Gasteiger partial charge >= 0.3 is 11.9 Å². The van der Waals surface area contributed by atoms with Gasteiger partial charge in [0.05, 0.1) is 12.5 Å². The Bertz CT molecular complexity index is 703. The first-order valence-electron chi connectivity index (χ1n) is 8.98. The number of thiol groups is 1. The molecule has 0 aromatic carbocycles. The molecule has 0 bridgehead atoms. The average molecular weight is 465 g/mol. The molecular formula is C16H27N5O9S. The summed E-state index contributed by atoms with van der Waals surface area (Å²) in [5, 5.41) is 33.8. The van der Waals surface area contributed by atoms with Crippen molar-refractivity contribution in [2.75, 3.05) is 5.75 Å². The monoisotopic (exact) mass is 465 g/mol. The number of nitrogens with two attached hydrogens (primary N) is 2. The Morgan fingerprint density at radius 3 is 1.81 bits per heavy atom. The Morgan fingerprint density at radius 2 is 1.39 bits per heavy atom. The Kier molecular flexibility index (Phi) is 12.1.